The second-order valence-electron chi connectivity index (χ2n) is 10.4. The predicted octanol–water partition coefficient (Wildman–Crippen LogP) is 4.74. The van der Waals surface area contributed by atoms with Crippen LogP contribution >= 0.6 is 0 Å². The van der Waals surface area contributed by atoms with Crippen LogP contribution in [0, 0.1) is 0 Å². The normalized spacial score (nSPS) is 15.5. The fourth-order valence-electron chi connectivity index (χ4n) is 4.63. The molecule has 192 valence electrons. The summed E-state index contributed by atoms with van der Waals surface area (Å²) >= 11 is 0. The Hall–Kier alpha value is -3.92. The Morgan fingerprint density at radius 3 is 2.70 bits per heavy atom. The smallest absolute Gasteiger partial charge is 0.285 e. The largest absolute Gasteiger partial charge is 0.324 e. The average Bonchev–Trinajstić information content (AvgIpc) is 3.09. The molecule has 1 N–H and O–H groups in total. The number of allylic oxidation sites excluding steroid dienone is 1. The summed E-state index contributed by atoms with van der Waals surface area (Å²) in [6.45, 7) is 10.4. The lowest BCUT2D eigenvalue weighted by Gasteiger charge is -2.32. The third-order valence-electron chi connectivity index (χ3n) is 6.36. The summed E-state index contributed by atoms with van der Waals surface area (Å²) in [5, 5.41) is 3.45. The lowest BCUT2D eigenvalue weighted by atomic mass is 9.92. The van der Waals surface area contributed by atoms with Crippen molar-refractivity contribution in [3.63, 3.8) is 0 Å². The highest BCUT2D eigenvalue weighted by Crippen LogP contribution is 2.37. The number of hydrogen-bond acceptors (Lipinski definition) is 6. The van der Waals surface area contributed by atoms with Gasteiger partial charge in [-0.2, -0.15) is 13.8 Å². The Bertz CT molecular complexity index is 1570. The highest BCUT2D eigenvalue weighted by atomic mass is 19.3. The maximum Gasteiger partial charge on any atom is 0.285 e. The number of halogens is 2. The van der Waals surface area contributed by atoms with Crippen molar-refractivity contribution in [1.29, 1.82) is 0 Å². The van der Waals surface area contributed by atoms with Gasteiger partial charge in [0.2, 0.25) is 5.95 Å². The monoisotopic (exact) mass is 505 g/mol. The molecule has 8 nitrogen and oxygen atoms in total. The third-order valence-corrected chi connectivity index (χ3v) is 6.36. The maximum absolute atomic E-state index is 14.5. The van der Waals surface area contributed by atoms with Crippen LogP contribution in [0.4, 0.5) is 20.4 Å². The first-order chi connectivity index (χ1) is 17.5. The molecule has 3 aromatic heterocycles. The number of alkyl halides is 2. The molecule has 0 fully saturated rings. The Morgan fingerprint density at radius 1 is 1.19 bits per heavy atom. The van der Waals surface area contributed by atoms with Crippen molar-refractivity contribution in [1.82, 2.24) is 29.2 Å². The van der Waals surface area contributed by atoms with E-state index in [-0.39, 0.29) is 35.6 Å². The highest BCUT2D eigenvalue weighted by molar-refractivity contribution is 5.77. The van der Waals surface area contributed by atoms with Gasteiger partial charge >= 0.3 is 0 Å². The first-order valence-corrected chi connectivity index (χ1v) is 12.0. The Morgan fingerprint density at radius 2 is 1.97 bits per heavy atom. The molecule has 0 unspecified atom stereocenters. The molecule has 4 heterocycles. The van der Waals surface area contributed by atoms with E-state index in [2.05, 4.69) is 42.6 Å². The van der Waals surface area contributed by atoms with Crippen LogP contribution < -0.4 is 10.9 Å². The predicted molar refractivity (Wildman–Crippen MR) is 140 cm³/mol. The van der Waals surface area contributed by atoms with Gasteiger partial charge in [0, 0.05) is 35.1 Å². The zero-order chi connectivity index (χ0) is 26.5. The minimum Gasteiger partial charge on any atom is -0.324 e. The van der Waals surface area contributed by atoms with E-state index in [9.17, 15) is 13.6 Å². The van der Waals surface area contributed by atoms with Crippen LogP contribution in [-0.2, 0) is 24.4 Å². The molecule has 5 rings (SSSR count). The summed E-state index contributed by atoms with van der Waals surface area (Å²) in [5.41, 5.74) is 1.95. The Labute approximate surface area is 213 Å². The van der Waals surface area contributed by atoms with Crippen LogP contribution in [-0.4, -0.2) is 42.8 Å². The van der Waals surface area contributed by atoms with E-state index in [1.165, 1.54) is 16.9 Å². The van der Waals surface area contributed by atoms with E-state index >= 15 is 0 Å². The highest BCUT2D eigenvalue weighted by Gasteiger charge is 2.39. The van der Waals surface area contributed by atoms with Crippen molar-refractivity contribution in [2.45, 2.75) is 45.2 Å². The summed E-state index contributed by atoms with van der Waals surface area (Å²) in [5.74, 6) is -2.13. The molecule has 37 heavy (non-hydrogen) atoms. The van der Waals surface area contributed by atoms with Gasteiger partial charge in [-0.1, -0.05) is 39.0 Å². The van der Waals surface area contributed by atoms with E-state index in [0.717, 1.165) is 5.69 Å². The maximum atomic E-state index is 14.5. The minimum absolute atomic E-state index is 0.0349. The van der Waals surface area contributed by atoms with E-state index in [1.807, 2.05) is 18.2 Å². The van der Waals surface area contributed by atoms with Crippen molar-refractivity contribution in [2.24, 2.45) is 0 Å². The topological polar surface area (TPSA) is 80.9 Å². The van der Waals surface area contributed by atoms with E-state index in [4.69, 9.17) is 4.98 Å². The molecule has 0 amide bonds. The third kappa shape index (κ3) is 4.53. The lowest BCUT2D eigenvalue weighted by molar-refractivity contribution is -0.0454. The molecule has 0 saturated carbocycles. The zero-order valence-electron chi connectivity index (χ0n) is 21.3. The molecule has 0 aliphatic carbocycles. The van der Waals surface area contributed by atoms with Crippen LogP contribution in [0.5, 0.6) is 0 Å². The van der Waals surface area contributed by atoms with Crippen LogP contribution in [0.3, 0.4) is 0 Å². The summed E-state index contributed by atoms with van der Waals surface area (Å²) in [6.07, 6.45) is 3.11. The molecule has 10 heteroatoms. The van der Waals surface area contributed by atoms with Gasteiger partial charge in [-0.3, -0.25) is 9.69 Å². The number of nitrogens with zero attached hydrogens (tertiary/aromatic N) is 6. The van der Waals surface area contributed by atoms with Crippen LogP contribution in [0.15, 0.2) is 60.0 Å². The number of benzene rings is 1. The van der Waals surface area contributed by atoms with Gasteiger partial charge in [0.1, 0.15) is 5.39 Å². The van der Waals surface area contributed by atoms with E-state index in [1.54, 1.807) is 34.8 Å². The number of anilines is 2. The second kappa shape index (κ2) is 8.88. The summed E-state index contributed by atoms with van der Waals surface area (Å²) < 4.78 is 32.1. The molecule has 0 atom stereocenters. The van der Waals surface area contributed by atoms with Gasteiger partial charge in [-0.05, 0) is 36.9 Å². The fourth-order valence-corrected chi connectivity index (χ4v) is 4.63. The number of likely N-dealkylation sites (N-methyl/N-ethyl adjacent to an activating group) is 1. The van der Waals surface area contributed by atoms with Crippen molar-refractivity contribution < 1.29 is 8.78 Å². The molecule has 0 bridgehead atoms. The van der Waals surface area contributed by atoms with E-state index in [0.29, 0.717) is 34.6 Å². The van der Waals surface area contributed by atoms with Gasteiger partial charge in [0.25, 0.3) is 11.5 Å². The molecule has 1 aliphatic heterocycles. The first-order valence-electron chi connectivity index (χ1n) is 12.0. The number of pyridine rings is 1. The number of hydrogen-bond donors (Lipinski definition) is 1. The van der Waals surface area contributed by atoms with Gasteiger partial charge < -0.3 is 5.32 Å². The summed E-state index contributed by atoms with van der Waals surface area (Å²) in [7, 11) is 1.67. The standard InChI is InChI=1S/C27H29F2N7O/c1-6-12-35-24(37)19-14-30-25(31-18-10-11-20-17(13-18)15-34(5)16-27(20,28)29)33-23(19)36(35)22-9-7-8-21(32-22)26(2,3)4/h6-11,13-14H,1,12,15-16H2,2-5H3,(H,30,31,33). The summed E-state index contributed by atoms with van der Waals surface area (Å²) in [4.78, 5) is 28.6. The number of fused-ring (bicyclic) bond motifs is 2. The van der Waals surface area contributed by atoms with Gasteiger partial charge in [-0.25, -0.2) is 19.3 Å². The Balaban J connectivity index is 1.60. The van der Waals surface area contributed by atoms with Crippen molar-refractivity contribution in [3.8, 4) is 5.82 Å². The molecule has 1 aliphatic rings. The number of rotatable bonds is 5. The molecule has 1 aromatic carbocycles. The van der Waals surface area contributed by atoms with E-state index < -0.39 is 5.92 Å². The van der Waals surface area contributed by atoms with Crippen molar-refractivity contribution >= 4 is 22.7 Å². The molecule has 4 aromatic rings. The SMILES string of the molecule is C=CCn1c(=O)c2cnc(Nc3ccc4c(c3)CN(C)CC4(F)F)nc2n1-c1cccc(C(C)(C)C)n1. The average molecular weight is 506 g/mol. The zero-order valence-corrected chi connectivity index (χ0v) is 21.3. The van der Waals surface area contributed by atoms with Crippen LogP contribution in [0.25, 0.3) is 16.9 Å². The van der Waals surface area contributed by atoms with Crippen LogP contribution in [0.2, 0.25) is 0 Å². The first kappa shape index (κ1) is 24.8. The van der Waals surface area contributed by atoms with Crippen molar-refractivity contribution in [2.75, 3.05) is 18.9 Å². The molecular weight excluding hydrogens is 476 g/mol. The molecule has 0 radical (unpaired) electrons. The molecule has 0 saturated heterocycles. The van der Waals surface area contributed by atoms with Gasteiger partial charge in [0.05, 0.1) is 13.1 Å². The minimum atomic E-state index is -2.91. The number of nitrogens with one attached hydrogen (secondary N) is 1. The fraction of sp³-hybridized carbons (Fsp3) is 0.333. The quantitative estimate of drug-likeness (QED) is 0.395. The molecular formula is C27H29F2N7O. The Kier molecular flexibility index (Phi) is 5.94. The van der Waals surface area contributed by atoms with Crippen molar-refractivity contribution in [3.05, 3.63) is 82.4 Å². The van der Waals surface area contributed by atoms with Crippen LogP contribution in [0.1, 0.15) is 37.6 Å². The van der Waals surface area contributed by atoms with Gasteiger partial charge in [0.15, 0.2) is 11.5 Å². The molecule has 0 spiro atoms. The summed E-state index contributed by atoms with van der Waals surface area (Å²) in [6, 6.07) is 10.4. The number of aromatic nitrogens is 5. The second-order valence-corrected chi connectivity index (χ2v) is 10.4. The lowest BCUT2D eigenvalue weighted by Crippen LogP contribution is -2.38. The van der Waals surface area contributed by atoms with Gasteiger partial charge in [-0.15, -0.1) is 6.58 Å².